The van der Waals surface area contributed by atoms with Crippen molar-refractivity contribution in [1.82, 2.24) is 0 Å². The van der Waals surface area contributed by atoms with Crippen LogP contribution in [0.15, 0.2) is 42.5 Å². The molecule has 0 spiro atoms. The summed E-state index contributed by atoms with van der Waals surface area (Å²) >= 11 is 6.51. The number of nitrogens with zero attached hydrogens (tertiary/aromatic N) is 1. The van der Waals surface area contributed by atoms with Gasteiger partial charge in [0.05, 0.1) is 4.92 Å². The van der Waals surface area contributed by atoms with E-state index in [4.69, 9.17) is 0 Å². The summed E-state index contributed by atoms with van der Waals surface area (Å²) in [5.74, 6) is -0.140. The van der Waals surface area contributed by atoms with Gasteiger partial charge in [-0.3, -0.25) is 10.1 Å². The Kier molecular flexibility index (Phi) is 8.27. The Bertz CT molecular complexity index is 613. The van der Waals surface area contributed by atoms with Gasteiger partial charge in [-0.05, 0) is 35.2 Å². The number of nitro groups is 1. The molecule has 0 aliphatic heterocycles. The molecule has 2 aromatic carbocycles. The van der Waals surface area contributed by atoms with Crippen LogP contribution in [-0.4, -0.2) is 4.92 Å². The predicted molar refractivity (Wildman–Crippen MR) is 94.1 cm³/mol. The third-order valence-corrected chi connectivity index (χ3v) is 4.15. The van der Waals surface area contributed by atoms with Gasteiger partial charge in [-0.25, -0.2) is 4.39 Å². The van der Waals surface area contributed by atoms with Crippen LogP contribution < -0.4 is 0 Å². The SMILES string of the molecule is CCc1cc(F)cc(CBr)c1.O=[N+]([O-])c1cccc(CBr)c1. The molecule has 0 bridgehead atoms. The fourth-order valence-corrected chi connectivity index (χ4v) is 2.42. The van der Waals surface area contributed by atoms with Crippen LogP contribution in [0.25, 0.3) is 0 Å². The molecule has 22 heavy (non-hydrogen) atoms. The van der Waals surface area contributed by atoms with Crippen LogP contribution in [0.3, 0.4) is 0 Å². The fraction of sp³-hybridized carbons (Fsp3) is 0.250. The Balaban J connectivity index is 0.000000220. The van der Waals surface area contributed by atoms with E-state index < -0.39 is 4.92 Å². The molecule has 0 N–H and O–H groups in total. The zero-order chi connectivity index (χ0) is 16.5. The van der Waals surface area contributed by atoms with Gasteiger partial charge in [0, 0.05) is 22.8 Å². The summed E-state index contributed by atoms with van der Waals surface area (Å²) in [6, 6.07) is 11.7. The van der Waals surface area contributed by atoms with Gasteiger partial charge in [0.1, 0.15) is 5.82 Å². The summed E-state index contributed by atoms with van der Waals surface area (Å²) in [6.45, 7) is 2.02. The van der Waals surface area contributed by atoms with E-state index in [9.17, 15) is 14.5 Å². The maximum atomic E-state index is 12.8. The lowest BCUT2D eigenvalue weighted by atomic mass is 10.1. The Morgan fingerprint density at radius 1 is 1.05 bits per heavy atom. The molecule has 6 heteroatoms. The summed E-state index contributed by atoms with van der Waals surface area (Å²) in [7, 11) is 0. The van der Waals surface area contributed by atoms with Crippen molar-refractivity contribution in [1.29, 1.82) is 0 Å². The second-order valence-electron chi connectivity index (χ2n) is 4.52. The summed E-state index contributed by atoms with van der Waals surface area (Å²) in [4.78, 5) is 9.86. The monoisotopic (exact) mass is 431 g/mol. The molecular formula is C16H16Br2FNO2. The number of nitro benzene ring substituents is 1. The first-order chi connectivity index (χ1) is 10.5. The summed E-state index contributed by atoms with van der Waals surface area (Å²) in [6.07, 6.45) is 0.887. The molecule has 0 heterocycles. The van der Waals surface area contributed by atoms with Gasteiger partial charge in [0.15, 0.2) is 0 Å². The van der Waals surface area contributed by atoms with Crippen LogP contribution in [0.5, 0.6) is 0 Å². The van der Waals surface area contributed by atoms with Crippen LogP contribution in [0.1, 0.15) is 23.6 Å². The van der Waals surface area contributed by atoms with Gasteiger partial charge in [-0.2, -0.15) is 0 Å². The topological polar surface area (TPSA) is 43.1 Å². The minimum absolute atomic E-state index is 0.140. The average Bonchev–Trinajstić information content (AvgIpc) is 2.54. The first-order valence-electron chi connectivity index (χ1n) is 6.63. The molecule has 0 unspecified atom stereocenters. The van der Waals surface area contributed by atoms with E-state index in [1.54, 1.807) is 24.3 Å². The third kappa shape index (κ3) is 6.23. The minimum Gasteiger partial charge on any atom is -0.258 e. The number of benzene rings is 2. The molecule has 2 aromatic rings. The quantitative estimate of drug-likeness (QED) is 0.349. The van der Waals surface area contributed by atoms with Crippen molar-refractivity contribution in [3.63, 3.8) is 0 Å². The van der Waals surface area contributed by atoms with Gasteiger partial charge in [0.25, 0.3) is 5.69 Å². The Morgan fingerprint density at radius 3 is 2.23 bits per heavy atom. The molecule has 0 saturated heterocycles. The number of non-ortho nitro benzene ring substituents is 1. The number of hydrogen-bond donors (Lipinski definition) is 0. The molecule has 0 atom stereocenters. The lowest BCUT2D eigenvalue weighted by Crippen LogP contribution is -1.88. The molecular weight excluding hydrogens is 417 g/mol. The van der Waals surface area contributed by atoms with Gasteiger partial charge in [0.2, 0.25) is 0 Å². The van der Waals surface area contributed by atoms with Crippen molar-refractivity contribution >= 4 is 37.5 Å². The van der Waals surface area contributed by atoms with E-state index in [0.717, 1.165) is 28.4 Å². The van der Waals surface area contributed by atoms with Crippen LogP contribution in [0.4, 0.5) is 10.1 Å². The number of halogens is 3. The highest BCUT2D eigenvalue weighted by molar-refractivity contribution is 9.08. The number of rotatable bonds is 4. The van der Waals surface area contributed by atoms with Gasteiger partial charge in [-0.15, -0.1) is 0 Å². The molecule has 0 saturated carbocycles. The standard InChI is InChI=1S/C9H10BrF.C7H6BrNO2/c1-2-7-3-8(6-10)5-9(11)4-7;8-5-6-2-1-3-7(4-6)9(10)11/h3-5H,2,6H2,1H3;1-4H,5H2. The number of alkyl halides is 2. The van der Waals surface area contributed by atoms with Crippen molar-refractivity contribution in [2.24, 2.45) is 0 Å². The molecule has 0 aliphatic rings. The first-order valence-corrected chi connectivity index (χ1v) is 8.88. The molecule has 3 nitrogen and oxygen atoms in total. The number of hydrogen-bond acceptors (Lipinski definition) is 2. The summed E-state index contributed by atoms with van der Waals surface area (Å²) in [5.41, 5.74) is 3.11. The highest BCUT2D eigenvalue weighted by atomic mass is 79.9. The minimum atomic E-state index is -0.397. The van der Waals surface area contributed by atoms with Crippen molar-refractivity contribution in [2.45, 2.75) is 24.0 Å². The Labute approximate surface area is 146 Å². The molecule has 0 aromatic heterocycles. The van der Waals surface area contributed by atoms with Crippen LogP contribution in [0.2, 0.25) is 0 Å². The lowest BCUT2D eigenvalue weighted by Gasteiger charge is -2.00. The third-order valence-electron chi connectivity index (χ3n) is 2.86. The second kappa shape index (κ2) is 9.69. The molecule has 118 valence electrons. The van der Waals surface area contributed by atoms with Gasteiger partial charge < -0.3 is 0 Å². The summed E-state index contributed by atoms with van der Waals surface area (Å²) < 4.78 is 12.8. The highest BCUT2D eigenvalue weighted by Gasteiger charge is 2.03. The van der Waals surface area contributed by atoms with E-state index >= 15 is 0 Å². The van der Waals surface area contributed by atoms with E-state index in [1.165, 1.54) is 6.07 Å². The van der Waals surface area contributed by atoms with Crippen molar-refractivity contribution in [3.05, 3.63) is 75.1 Å². The van der Waals surface area contributed by atoms with Gasteiger partial charge >= 0.3 is 0 Å². The van der Waals surface area contributed by atoms with Crippen LogP contribution >= 0.6 is 31.9 Å². The molecule has 0 radical (unpaired) electrons. The van der Waals surface area contributed by atoms with Crippen molar-refractivity contribution in [3.8, 4) is 0 Å². The molecule has 0 aliphatic carbocycles. The molecule has 0 amide bonds. The van der Waals surface area contributed by atoms with E-state index in [0.29, 0.717) is 5.33 Å². The normalized spacial score (nSPS) is 9.82. The van der Waals surface area contributed by atoms with E-state index in [1.807, 2.05) is 19.1 Å². The van der Waals surface area contributed by atoms with Crippen LogP contribution in [0, 0.1) is 15.9 Å². The maximum Gasteiger partial charge on any atom is 0.269 e. The zero-order valence-corrected chi connectivity index (χ0v) is 15.2. The maximum absolute atomic E-state index is 12.8. The van der Waals surface area contributed by atoms with Crippen molar-refractivity contribution < 1.29 is 9.31 Å². The van der Waals surface area contributed by atoms with E-state index in [-0.39, 0.29) is 11.5 Å². The first kappa shape index (κ1) is 18.8. The van der Waals surface area contributed by atoms with E-state index in [2.05, 4.69) is 31.9 Å². The largest absolute Gasteiger partial charge is 0.269 e. The summed E-state index contributed by atoms with van der Waals surface area (Å²) in [5, 5.41) is 11.6. The lowest BCUT2D eigenvalue weighted by molar-refractivity contribution is -0.384. The van der Waals surface area contributed by atoms with Crippen LogP contribution in [-0.2, 0) is 17.1 Å². The second-order valence-corrected chi connectivity index (χ2v) is 5.64. The predicted octanol–water partition coefficient (Wildman–Crippen LogP) is 5.77. The molecule has 0 fully saturated rings. The zero-order valence-electron chi connectivity index (χ0n) is 12.1. The number of aryl methyl sites for hydroxylation is 1. The Morgan fingerprint density at radius 2 is 1.68 bits per heavy atom. The molecule has 2 rings (SSSR count). The van der Waals surface area contributed by atoms with Crippen molar-refractivity contribution in [2.75, 3.05) is 0 Å². The Hall–Kier alpha value is -1.27. The fourth-order valence-electron chi connectivity index (χ4n) is 1.75. The van der Waals surface area contributed by atoms with Gasteiger partial charge in [-0.1, -0.05) is 57.0 Å². The average molecular weight is 433 g/mol. The highest BCUT2D eigenvalue weighted by Crippen LogP contribution is 2.14. The smallest absolute Gasteiger partial charge is 0.258 e.